The van der Waals surface area contributed by atoms with Crippen molar-refractivity contribution in [3.05, 3.63) is 28.2 Å². The third-order valence-corrected chi connectivity index (χ3v) is 3.68. The number of anilines is 1. The molecule has 4 heteroatoms. The minimum atomic E-state index is 0.246. The van der Waals surface area contributed by atoms with Crippen molar-refractivity contribution in [2.24, 2.45) is 0 Å². The molecular weight excluding hydrogens is 316 g/mol. The lowest BCUT2D eigenvalue weighted by molar-refractivity contribution is -0.131. The van der Waals surface area contributed by atoms with Crippen LogP contribution in [-0.2, 0) is 4.79 Å². The van der Waals surface area contributed by atoms with Gasteiger partial charge in [-0.15, -0.1) is 0 Å². The Kier molecular flexibility index (Phi) is 7.67. The van der Waals surface area contributed by atoms with E-state index in [9.17, 15) is 4.79 Å². The van der Waals surface area contributed by atoms with Gasteiger partial charge in [-0.05, 0) is 43.5 Å². The quantitative estimate of drug-likeness (QED) is 0.768. The molecule has 20 heavy (non-hydrogen) atoms. The highest BCUT2D eigenvalue weighted by molar-refractivity contribution is 9.10. The average Bonchev–Trinajstić information content (AvgIpc) is 2.41. The summed E-state index contributed by atoms with van der Waals surface area (Å²) in [6.45, 7) is 8.70. The second-order valence-corrected chi connectivity index (χ2v) is 5.93. The van der Waals surface area contributed by atoms with Crippen LogP contribution in [0.15, 0.2) is 22.7 Å². The van der Waals surface area contributed by atoms with Crippen LogP contribution in [0.2, 0.25) is 0 Å². The molecule has 1 aromatic rings. The van der Waals surface area contributed by atoms with Crippen LogP contribution >= 0.6 is 15.9 Å². The monoisotopic (exact) mass is 340 g/mol. The summed E-state index contributed by atoms with van der Waals surface area (Å²) in [5.41, 5.74) is 2.28. The molecule has 0 aliphatic heterocycles. The number of aryl methyl sites for hydroxylation is 1. The van der Waals surface area contributed by atoms with Crippen LogP contribution in [0.25, 0.3) is 0 Å². The molecule has 0 spiro atoms. The first-order chi connectivity index (χ1) is 9.58. The minimum Gasteiger partial charge on any atom is -0.384 e. The fourth-order valence-corrected chi connectivity index (χ4v) is 2.66. The summed E-state index contributed by atoms with van der Waals surface area (Å²) in [7, 11) is 0. The lowest BCUT2D eigenvalue weighted by Crippen LogP contribution is -2.33. The van der Waals surface area contributed by atoms with Crippen LogP contribution in [-0.4, -0.2) is 30.4 Å². The fourth-order valence-electron chi connectivity index (χ4n) is 2.19. The standard InChI is InChI=1S/C16H25BrN2O/c1-4-10-19(11-5-2)16(20)8-9-18-15-7-6-14(17)12-13(15)3/h6-7,12,18H,4-5,8-11H2,1-3H3. The molecule has 0 unspecified atom stereocenters. The number of nitrogens with one attached hydrogen (secondary N) is 1. The van der Waals surface area contributed by atoms with E-state index in [2.05, 4.69) is 48.1 Å². The smallest absolute Gasteiger partial charge is 0.224 e. The van der Waals surface area contributed by atoms with Crippen LogP contribution in [0.4, 0.5) is 5.69 Å². The Morgan fingerprint density at radius 3 is 2.45 bits per heavy atom. The first-order valence-electron chi connectivity index (χ1n) is 7.36. The van der Waals surface area contributed by atoms with E-state index in [-0.39, 0.29) is 5.91 Å². The van der Waals surface area contributed by atoms with Crippen LogP contribution < -0.4 is 5.32 Å². The molecule has 0 heterocycles. The van der Waals surface area contributed by atoms with Crippen molar-refractivity contribution in [1.82, 2.24) is 4.90 Å². The summed E-state index contributed by atoms with van der Waals surface area (Å²) in [4.78, 5) is 14.1. The number of carbonyl (C=O) groups excluding carboxylic acids is 1. The maximum absolute atomic E-state index is 12.1. The summed E-state index contributed by atoms with van der Waals surface area (Å²) < 4.78 is 1.08. The zero-order chi connectivity index (χ0) is 15.0. The molecule has 1 rings (SSSR count). The SMILES string of the molecule is CCCN(CCC)C(=O)CCNc1ccc(Br)cc1C. The van der Waals surface area contributed by atoms with E-state index in [0.717, 1.165) is 36.1 Å². The Balaban J connectivity index is 2.44. The molecule has 0 bridgehead atoms. The third-order valence-electron chi connectivity index (χ3n) is 3.18. The van der Waals surface area contributed by atoms with E-state index in [1.807, 2.05) is 17.0 Å². The van der Waals surface area contributed by atoms with Gasteiger partial charge in [-0.2, -0.15) is 0 Å². The van der Waals surface area contributed by atoms with Crippen LogP contribution in [0, 0.1) is 6.92 Å². The molecule has 3 nitrogen and oxygen atoms in total. The van der Waals surface area contributed by atoms with Gasteiger partial charge in [0.2, 0.25) is 5.91 Å². The van der Waals surface area contributed by atoms with Crippen molar-refractivity contribution in [3.63, 3.8) is 0 Å². The van der Waals surface area contributed by atoms with E-state index in [4.69, 9.17) is 0 Å². The Labute approximate surface area is 130 Å². The summed E-state index contributed by atoms with van der Waals surface area (Å²) in [5.74, 6) is 0.246. The first kappa shape index (κ1) is 17.0. The molecule has 1 amide bonds. The largest absolute Gasteiger partial charge is 0.384 e. The Morgan fingerprint density at radius 1 is 1.25 bits per heavy atom. The summed E-state index contributed by atoms with van der Waals surface area (Å²) in [6.07, 6.45) is 2.59. The number of nitrogens with zero attached hydrogens (tertiary/aromatic N) is 1. The van der Waals surface area contributed by atoms with Gasteiger partial charge >= 0.3 is 0 Å². The molecule has 0 atom stereocenters. The summed E-state index contributed by atoms with van der Waals surface area (Å²) in [6, 6.07) is 6.13. The van der Waals surface area contributed by atoms with Crippen LogP contribution in [0.5, 0.6) is 0 Å². The van der Waals surface area contributed by atoms with Gasteiger partial charge in [0.05, 0.1) is 0 Å². The maximum atomic E-state index is 12.1. The van der Waals surface area contributed by atoms with Crippen molar-refractivity contribution in [1.29, 1.82) is 0 Å². The highest BCUT2D eigenvalue weighted by atomic mass is 79.9. The highest BCUT2D eigenvalue weighted by Crippen LogP contribution is 2.19. The summed E-state index contributed by atoms with van der Waals surface area (Å²) in [5, 5.41) is 3.34. The van der Waals surface area contributed by atoms with Gasteiger partial charge in [-0.25, -0.2) is 0 Å². The van der Waals surface area contributed by atoms with Gasteiger partial charge in [-0.3, -0.25) is 4.79 Å². The zero-order valence-corrected chi connectivity index (χ0v) is 14.3. The van der Waals surface area contributed by atoms with Gasteiger partial charge in [0.25, 0.3) is 0 Å². The van der Waals surface area contributed by atoms with E-state index < -0.39 is 0 Å². The van der Waals surface area contributed by atoms with Crippen molar-refractivity contribution in [2.75, 3.05) is 25.0 Å². The van der Waals surface area contributed by atoms with Gasteiger partial charge in [0, 0.05) is 36.2 Å². The summed E-state index contributed by atoms with van der Waals surface area (Å²) >= 11 is 3.45. The second kappa shape index (κ2) is 9.01. The number of halogens is 1. The topological polar surface area (TPSA) is 32.3 Å². The number of hydrogen-bond acceptors (Lipinski definition) is 2. The molecule has 1 aromatic carbocycles. The lowest BCUT2D eigenvalue weighted by Gasteiger charge is -2.21. The fraction of sp³-hybridized carbons (Fsp3) is 0.562. The Hall–Kier alpha value is -1.03. The molecule has 0 aliphatic rings. The van der Waals surface area contributed by atoms with E-state index >= 15 is 0 Å². The Bertz CT molecular complexity index is 428. The molecule has 0 fully saturated rings. The maximum Gasteiger partial charge on any atom is 0.224 e. The van der Waals surface area contributed by atoms with Crippen LogP contribution in [0.1, 0.15) is 38.7 Å². The normalized spacial score (nSPS) is 10.4. The highest BCUT2D eigenvalue weighted by Gasteiger charge is 2.11. The minimum absolute atomic E-state index is 0.246. The van der Waals surface area contributed by atoms with Crippen molar-refractivity contribution in [2.45, 2.75) is 40.0 Å². The average molecular weight is 341 g/mol. The third kappa shape index (κ3) is 5.53. The van der Waals surface area contributed by atoms with E-state index in [1.165, 1.54) is 5.56 Å². The van der Waals surface area contributed by atoms with Crippen LogP contribution in [0.3, 0.4) is 0 Å². The van der Waals surface area contributed by atoms with E-state index in [0.29, 0.717) is 13.0 Å². The zero-order valence-electron chi connectivity index (χ0n) is 12.7. The predicted octanol–water partition coefficient (Wildman–Crippen LogP) is 4.21. The molecule has 0 radical (unpaired) electrons. The van der Waals surface area contributed by atoms with E-state index in [1.54, 1.807) is 0 Å². The number of hydrogen-bond donors (Lipinski definition) is 1. The first-order valence-corrected chi connectivity index (χ1v) is 8.15. The molecule has 0 aromatic heterocycles. The second-order valence-electron chi connectivity index (χ2n) is 5.02. The molecular formula is C16H25BrN2O. The van der Waals surface area contributed by atoms with Gasteiger partial charge in [0.1, 0.15) is 0 Å². The predicted molar refractivity (Wildman–Crippen MR) is 89.1 cm³/mol. The van der Waals surface area contributed by atoms with Crippen molar-refractivity contribution < 1.29 is 4.79 Å². The number of benzene rings is 1. The number of carbonyl (C=O) groups is 1. The molecule has 112 valence electrons. The number of amides is 1. The lowest BCUT2D eigenvalue weighted by atomic mass is 10.2. The van der Waals surface area contributed by atoms with Gasteiger partial charge < -0.3 is 10.2 Å². The molecule has 0 saturated heterocycles. The number of rotatable bonds is 8. The molecule has 0 aliphatic carbocycles. The molecule has 0 saturated carbocycles. The Morgan fingerprint density at radius 2 is 1.90 bits per heavy atom. The van der Waals surface area contributed by atoms with Gasteiger partial charge in [0.15, 0.2) is 0 Å². The van der Waals surface area contributed by atoms with Gasteiger partial charge in [-0.1, -0.05) is 29.8 Å². The van der Waals surface area contributed by atoms with Crippen molar-refractivity contribution in [3.8, 4) is 0 Å². The molecule has 1 N–H and O–H groups in total. The van der Waals surface area contributed by atoms with Crippen molar-refractivity contribution >= 4 is 27.5 Å².